The van der Waals surface area contributed by atoms with Crippen LogP contribution in [0.2, 0.25) is 5.02 Å². The van der Waals surface area contributed by atoms with Gasteiger partial charge in [0.15, 0.2) is 0 Å². The molecule has 1 saturated heterocycles. The fourth-order valence-corrected chi connectivity index (χ4v) is 3.12. The molecule has 2 rings (SSSR count). The highest BCUT2D eigenvalue weighted by molar-refractivity contribution is 14.1. The highest BCUT2D eigenvalue weighted by atomic mass is 127. The van der Waals surface area contributed by atoms with Gasteiger partial charge < -0.3 is 10.6 Å². The minimum absolute atomic E-state index is 0. The molecule has 0 aliphatic carbocycles. The molecule has 0 saturated carbocycles. The number of carbonyl (C=O) groups excluding carboxylic acids is 1. The lowest BCUT2D eigenvalue weighted by Gasteiger charge is -2.42. The first-order valence-corrected chi connectivity index (χ1v) is 7.77. The molecule has 0 radical (unpaired) electrons. The molecule has 3 nitrogen and oxygen atoms in total. The summed E-state index contributed by atoms with van der Waals surface area (Å²) in [5, 5.41) is 0.594. The minimum atomic E-state index is -0.0437. The molecule has 0 bridgehead atoms. The average molecular weight is 429 g/mol. The van der Waals surface area contributed by atoms with Gasteiger partial charge in [-0.3, -0.25) is 4.79 Å². The van der Waals surface area contributed by atoms with Crippen molar-refractivity contribution in [1.29, 1.82) is 0 Å². The maximum atomic E-state index is 12.6. The van der Waals surface area contributed by atoms with E-state index in [0.29, 0.717) is 23.7 Å². The van der Waals surface area contributed by atoms with Gasteiger partial charge in [-0.2, -0.15) is 0 Å². The summed E-state index contributed by atoms with van der Waals surface area (Å²) in [7, 11) is 0. The molecule has 1 amide bonds. The van der Waals surface area contributed by atoms with Crippen molar-refractivity contribution < 1.29 is 4.79 Å². The summed E-state index contributed by atoms with van der Waals surface area (Å²) < 4.78 is 0.930. The van der Waals surface area contributed by atoms with Crippen LogP contribution in [0.25, 0.3) is 0 Å². The van der Waals surface area contributed by atoms with Gasteiger partial charge in [-0.25, -0.2) is 0 Å². The van der Waals surface area contributed by atoms with Crippen LogP contribution in [0.4, 0.5) is 0 Å². The van der Waals surface area contributed by atoms with Crippen LogP contribution in [-0.2, 0) is 0 Å². The molecule has 1 atom stereocenters. The number of amides is 1. The van der Waals surface area contributed by atoms with E-state index >= 15 is 0 Å². The van der Waals surface area contributed by atoms with Crippen LogP contribution in [0, 0.1) is 8.99 Å². The predicted molar refractivity (Wildman–Crippen MR) is 93.7 cm³/mol. The Balaban J connectivity index is 0.00000200. The van der Waals surface area contributed by atoms with Crippen LogP contribution in [0.1, 0.15) is 30.6 Å². The Labute approximate surface area is 144 Å². The first-order valence-electron chi connectivity index (χ1n) is 6.31. The minimum Gasteiger partial charge on any atom is -0.338 e. The van der Waals surface area contributed by atoms with Crippen molar-refractivity contribution in [2.75, 3.05) is 13.1 Å². The van der Waals surface area contributed by atoms with Crippen LogP contribution in [0.15, 0.2) is 18.2 Å². The first-order chi connectivity index (χ1) is 8.81. The fourth-order valence-electron chi connectivity index (χ4n) is 2.38. The van der Waals surface area contributed by atoms with Gasteiger partial charge in [0.25, 0.3) is 5.91 Å². The maximum Gasteiger partial charge on any atom is 0.255 e. The van der Waals surface area contributed by atoms with Gasteiger partial charge in [0.05, 0.1) is 5.56 Å². The Bertz CT molecular complexity index is 508. The second-order valence-corrected chi connectivity index (χ2v) is 7.33. The molecule has 1 aliphatic heterocycles. The zero-order valence-corrected chi connectivity index (χ0v) is 15.3. The Morgan fingerprint density at radius 1 is 1.50 bits per heavy atom. The molecule has 0 aromatic heterocycles. The predicted octanol–water partition coefficient (Wildman–Crippen LogP) is 3.57. The molecule has 0 spiro atoms. The summed E-state index contributed by atoms with van der Waals surface area (Å²) >= 11 is 8.16. The summed E-state index contributed by atoms with van der Waals surface area (Å²) in [5.41, 5.74) is 6.74. The molecule has 20 heavy (non-hydrogen) atoms. The van der Waals surface area contributed by atoms with Crippen molar-refractivity contribution >= 4 is 52.5 Å². The number of rotatable bonds is 1. The van der Waals surface area contributed by atoms with Crippen LogP contribution < -0.4 is 5.73 Å². The van der Waals surface area contributed by atoms with E-state index in [1.165, 1.54) is 0 Å². The van der Waals surface area contributed by atoms with E-state index in [-0.39, 0.29) is 29.8 Å². The van der Waals surface area contributed by atoms with Crippen molar-refractivity contribution in [3.05, 3.63) is 32.4 Å². The number of hydrogen-bond acceptors (Lipinski definition) is 2. The number of hydrogen-bond donors (Lipinski definition) is 1. The van der Waals surface area contributed by atoms with Crippen LogP contribution >= 0.6 is 46.6 Å². The summed E-state index contributed by atoms with van der Waals surface area (Å²) in [6, 6.07) is 5.57. The Morgan fingerprint density at radius 2 is 2.15 bits per heavy atom. The highest BCUT2D eigenvalue weighted by Crippen LogP contribution is 2.29. The van der Waals surface area contributed by atoms with Crippen LogP contribution in [0.3, 0.4) is 0 Å². The molecule has 112 valence electrons. The molecule has 1 aromatic rings. The summed E-state index contributed by atoms with van der Waals surface area (Å²) in [6.07, 6.45) is 0.843. The van der Waals surface area contributed by atoms with E-state index in [4.69, 9.17) is 17.3 Å². The molecule has 1 aliphatic rings. The van der Waals surface area contributed by atoms with E-state index in [9.17, 15) is 4.79 Å². The van der Waals surface area contributed by atoms with E-state index in [1.54, 1.807) is 12.1 Å². The van der Waals surface area contributed by atoms with Crippen molar-refractivity contribution in [2.45, 2.75) is 26.3 Å². The lowest BCUT2D eigenvalue weighted by atomic mass is 9.79. The van der Waals surface area contributed by atoms with Crippen molar-refractivity contribution in [1.82, 2.24) is 4.90 Å². The van der Waals surface area contributed by atoms with Gasteiger partial charge in [0, 0.05) is 27.7 Å². The Hall–Kier alpha value is -0.0400. The molecular weight excluding hydrogens is 410 g/mol. The number of piperidine rings is 1. The standard InChI is InChI=1S/C14H18ClIN2O.ClH/c1-14(2)8-18(6-5-12(14)17)13(19)10-7-9(15)3-4-11(10)16;/h3-4,7,12H,5-6,8,17H2,1-2H3;1H. The monoisotopic (exact) mass is 428 g/mol. The van der Waals surface area contributed by atoms with Gasteiger partial charge in [0.2, 0.25) is 0 Å². The van der Waals surface area contributed by atoms with E-state index in [0.717, 1.165) is 9.99 Å². The van der Waals surface area contributed by atoms with E-state index in [2.05, 4.69) is 36.4 Å². The fraction of sp³-hybridized carbons (Fsp3) is 0.500. The molecule has 1 heterocycles. The van der Waals surface area contributed by atoms with Crippen molar-refractivity contribution in [3.63, 3.8) is 0 Å². The number of benzene rings is 1. The largest absolute Gasteiger partial charge is 0.338 e. The molecule has 2 N–H and O–H groups in total. The normalized spacial score (nSPS) is 21.2. The first kappa shape index (κ1) is 18.0. The van der Waals surface area contributed by atoms with E-state index in [1.807, 2.05) is 11.0 Å². The molecule has 1 aromatic carbocycles. The van der Waals surface area contributed by atoms with Crippen molar-refractivity contribution in [2.24, 2.45) is 11.1 Å². The number of carbonyl (C=O) groups is 1. The Kier molecular flexibility index (Phi) is 6.14. The highest BCUT2D eigenvalue weighted by Gasteiger charge is 2.35. The topological polar surface area (TPSA) is 46.3 Å². The zero-order valence-electron chi connectivity index (χ0n) is 11.5. The Morgan fingerprint density at radius 3 is 2.75 bits per heavy atom. The smallest absolute Gasteiger partial charge is 0.255 e. The number of nitrogens with zero attached hydrogens (tertiary/aromatic N) is 1. The van der Waals surface area contributed by atoms with Crippen LogP contribution in [-0.4, -0.2) is 29.9 Å². The average Bonchev–Trinajstić information content (AvgIpc) is 2.35. The third kappa shape index (κ3) is 3.78. The molecule has 1 fully saturated rings. The second kappa shape index (κ2) is 6.81. The summed E-state index contributed by atoms with van der Waals surface area (Å²) in [4.78, 5) is 14.5. The maximum absolute atomic E-state index is 12.6. The number of nitrogens with two attached hydrogens (primary N) is 1. The van der Waals surface area contributed by atoms with Crippen LogP contribution in [0.5, 0.6) is 0 Å². The summed E-state index contributed by atoms with van der Waals surface area (Å²) in [6.45, 7) is 5.63. The number of likely N-dealkylation sites (tertiary alicyclic amines) is 1. The summed E-state index contributed by atoms with van der Waals surface area (Å²) in [5.74, 6) is 0.0480. The quantitative estimate of drug-likeness (QED) is 0.695. The third-order valence-electron chi connectivity index (χ3n) is 3.76. The zero-order chi connectivity index (χ0) is 14.2. The molecular formula is C14H19Cl2IN2O. The SMILES string of the molecule is CC1(C)CN(C(=O)c2cc(Cl)ccc2I)CCC1N.Cl. The van der Waals surface area contributed by atoms with Gasteiger partial charge in [-0.1, -0.05) is 25.4 Å². The molecule has 6 heteroatoms. The van der Waals surface area contributed by atoms with Gasteiger partial charge >= 0.3 is 0 Å². The third-order valence-corrected chi connectivity index (χ3v) is 4.93. The number of halogens is 3. The molecule has 1 unspecified atom stereocenters. The van der Waals surface area contributed by atoms with Gasteiger partial charge in [-0.05, 0) is 52.6 Å². The van der Waals surface area contributed by atoms with Gasteiger partial charge in [-0.15, -0.1) is 12.4 Å². The van der Waals surface area contributed by atoms with Gasteiger partial charge in [0.1, 0.15) is 0 Å². The van der Waals surface area contributed by atoms with E-state index < -0.39 is 0 Å². The second-order valence-electron chi connectivity index (χ2n) is 5.73. The lowest BCUT2D eigenvalue weighted by molar-refractivity contribution is 0.0532. The lowest BCUT2D eigenvalue weighted by Crippen LogP contribution is -2.54. The van der Waals surface area contributed by atoms with Crippen molar-refractivity contribution in [3.8, 4) is 0 Å².